The van der Waals surface area contributed by atoms with Gasteiger partial charge in [-0.05, 0) is 37.1 Å². The number of hydrogen-bond donors (Lipinski definition) is 1. The summed E-state index contributed by atoms with van der Waals surface area (Å²) in [7, 11) is 2.01. The van der Waals surface area contributed by atoms with Crippen LogP contribution in [0.25, 0.3) is 0 Å². The fraction of sp³-hybridized carbons (Fsp3) is 0.368. The van der Waals surface area contributed by atoms with Crippen LogP contribution in [-0.2, 0) is 6.54 Å². The van der Waals surface area contributed by atoms with E-state index in [0.29, 0.717) is 5.92 Å². The van der Waals surface area contributed by atoms with Crippen LogP contribution < -0.4 is 10.2 Å². The van der Waals surface area contributed by atoms with Gasteiger partial charge in [-0.25, -0.2) is 0 Å². The molecule has 1 fully saturated rings. The van der Waals surface area contributed by atoms with Gasteiger partial charge in [-0.15, -0.1) is 0 Å². The molecule has 0 bridgehead atoms. The molecule has 1 aliphatic rings. The molecule has 3 rings (SSSR count). The number of rotatable bonds is 4. The molecule has 0 spiro atoms. The van der Waals surface area contributed by atoms with Crippen molar-refractivity contribution in [1.29, 1.82) is 0 Å². The Hall–Kier alpha value is -1.80. The zero-order chi connectivity index (χ0) is 14.5. The van der Waals surface area contributed by atoms with Gasteiger partial charge in [-0.1, -0.05) is 48.5 Å². The summed E-state index contributed by atoms with van der Waals surface area (Å²) >= 11 is 0. The molecule has 1 atom stereocenters. The van der Waals surface area contributed by atoms with Crippen LogP contribution in [0.4, 0.5) is 5.69 Å². The number of benzene rings is 2. The molecule has 0 aromatic heterocycles. The van der Waals surface area contributed by atoms with Gasteiger partial charge in [0.15, 0.2) is 0 Å². The highest BCUT2D eigenvalue weighted by Gasteiger charge is 2.22. The van der Waals surface area contributed by atoms with Gasteiger partial charge in [0, 0.05) is 31.2 Å². The van der Waals surface area contributed by atoms with E-state index in [1.807, 2.05) is 7.05 Å². The molecule has 0 radical (unpaired) electrons. The fourth-order valence-corrected chi connectivity index (χ4v) is 3.35. The molecule has 1 aliphatic heterocycles. The Labute approximate surface area is 127 Å². The first-order chi connectivity index (χ1) is 10.4. The monoisotopic (exact) mass is 280 g/mol. The second-order valence-corrected chi connectivity index (χ2v) is 5.85. The Balaban J connectivity index is 1.80. The van der Waals surface area contributed by atoms with E-state index >= 15 is 0 Å². The third kappa shape index (κ3) is 3.27. The lowest BCUT2D eigenvalue weighted by Crippen LogP contribution is -2.35. The molecular weight excluding hydrogens is 256 g/mol. The van der Waals surface area contributed by atoms with E-state index in [1.54, 1.807) is 0 Å². The fourth-order valence-electron chi connectivity index (χ4n) is 3.35. The van der Waals surface area contributed by atoms with Crippen molar-refractivity contribution in [3.05, 3.63) is 65.7 Å². The third-order valence-corrected chi connectivity index (χ3v) is 4.39. The van der Waals surface area contributed by atoms with Gasteiger partial charge in [-0.3, -0.25) is 0 Å². The van der Waals surface area contributed by atoms with E-state index in [0.717, 1.165) is 13.1 Å². The highest BCUT2D eigenvalue weighted by atomic mass is 15.1. The summed E-state index contributed by atoms with van der Waals surface area (Å²) in [5, 5.41) is 3.28. The lowest BCUT2D eigenvalue weighted by Gasteiger charge is -2.36. The molecule has 0 amide bonds. The lowest BCUT2D eigenvalue weighted by molar-refractivity contribution is 0.509. The molecule has 21 heavy (non-hydrogen) atoms. The molecule has 2 aromatic rings. The van der Waals surface area contributed by atoms with Crippen LogP contribution in [-0.4, -0.2) is 20.1 Å². The molecule has 0 aliphatic carbocycles. The van der Waals surface area contributed by atoms with Crippen molar-refractivity contribution in [3.8, 4) is 0 Å². The molecule has 1 unspecified atom stereocenters. The summed E-state index contributed by atoms with van der Waals surface area (Å²) in [4.78, 5) is 2.56. The van der Waals surface area contributed by atoms with Gasteiger partial charge < -0.3 is 10.2 Å². The third-order valence-electron chi connectivity index (χ3n) is 4.39. The summed E-state index contributed by atoms with van der Waals surface area (Å²) in [5.74, 6) is 0.655. The van der Waals surface area contributed by atoms with Crippen molar-refractivity contribution in [3.63, 3.8) is 0 Å². The largest absolute Gasteiger partial charge is 0.371 e. The number of hydrogen-bond acceptors (Lipinski definition) is 2. The van der Waals surface area contributed by atoms with Crippen molar-refractivity contribution in [1.82, 2.24) is 5.32 Å². The van der Waals surface area contributed by atoms with Gasteiger partial charge >= 0.3 is 0 Å². The average molecular weight is 280 g/mol. The van der Waals surface area contributed by atoms with Gasteiger partial charge in [0.2, 0.25) is 0 Å². The molecule has 1 N–H and O–H groups in total. The maximum Gasteiger partial charge on any atom is 0.0412 e. The van der Waals surface area contributed by atoms with Crippen LogP contribution in [0, 0.1) is 0 Å². The molecule has 1 heterocycles. The molecule has 2 aromatic carbocycles. The molecule has 2 heteroatoms. The lowest BCUT2D eigenvalue weighted by atomic mass is 9.90. The van der Waals surface area contributed by atoms with Gasteiger partial charge in [0.25, 0.3) is 0 Å². The minimum Gasteiger partial charge on any atom is -0.371 e. The number of anilines is 1. The Morgan fingerprint density at radius 1 is 1.05 bits per heavy atom. The zero-order valence-corrected chi connectivity index (χ0v) is 12.8. The van der Waals surface area contributed by atoms with E-state index in [1.165, 1.54) is 36.2 Å². The normalized spacial score (nSPS) is 18.7. The first-order valence-electron chi connectivity index (χ1n) is 7.91. The summed E-state index contributed by atoms with van der Waals surface area (Å²) in [6.07, 6.45) is 2.57. The smallest absolute Gasteiger partial charge is 0.0412 e. The maximum atomic E-state index is 3.28. The minimum absolute atomic E-state index is 0.655. The average Bonchev–Trinajstić information content (AvgIpc) is 2.57. The quantitative estimate of drug-likeness (QED) is 0.916. The topological polar surface area (TPSA) is 15.3 Å². The number of para-hydroxylation sites is 1. The summed E-state index contributed by atoms with van der Waals surface area (Å²) in [5.41, 5.74) is 4.27. The maximum absolute atomic E-state index is 3.28. The Bertz CT molecular complexity index is 565. The SMILES string of the molecule is CNCc1ccccc1N1CCCC(c2ccccc2)C1. The van der Waals surface area contributed by atoms with Crippen LogP contribution in [0.2, 0.25) is 0 Å². The van der Waals surface area contributed by atoms with Crippen LogP contribution in [0.5, 0.6) is 0 Å². The Morgan fingerprint density at radius 3 is 2.62 bits per heavy atom. The van der Waals surface area contributed by atoms with Crippen LogP contribution in [0.15, 0.2) is 54.6 Å². The van der Waals surface area contributed by atoms with E-state index in [-0.39, 0.29) is 0 Å². The van der Waals surface area contributed by atoms with E-state index in [2.05, 4.69) is 64.8 Å². The molecule has 1 saturated heterocycles. The molecular formula is C19H24N2. The predicted octanol–water partition coefficient (Wildman–Crippen LogP) is 3.79. The van der Waals surface area contributed by atoms with Gasteiger partial charge in [-0.2, -0.15) is 0 Å². The van der Waals surface area contributed by atoms with Crippen LogP contribution >= 0.6 is 0 Å². The highest BCUT2D eigenvalue weighted by molar-refractivity contribution is 5.54. The second kappa shape index (κ2) is 6.77. The zero-order valence-electron chi connectivity index (χ0n) is 12.8. The van der Waals surface area contributed by atoms with Gasteiger partial charge in [0.05, 0.1) is 0 Å². The van der Waals surface area contributed by atoms with E-state index in [4.69, 9.17) is 0 Å². The first-order valence-corrected chi connectivity index (χ1v) is 7.91. The summed E-state index contributed by atoms with van der Waals surface area (Å²) in [6.45, 7) is 3.23. The summed E-state index contributed by atoms with van der Waals surface area (Å²) in [6, 6.07) is 19.7. The minimum atomic E-state index is 0.655. The van der Waals surface area contributed by atoms with E-state index in [9.17, 15) is 0 Å². The van der Waals surface area contributed by atoms with Crippen molar-refractivity contribution in [2.75, 3.05) is 25.0 Å². The molecule has 2 nitrogen and oxygen atoms in total. The van der Waals surface area contributed by atoms with Crippen LogP contribution in [0.1, 0.15) is 29.9 Å². The Kier molecular flexibility index (Phi) is 4.56. The van der Waals surface area contributed by atoms with E-state index < -0.39 is 0 Å². The molecule has 110 valence electrons. The second-order valence-electron chi connectivity index (χ2n) is 5.85. The number of nitrogens with zero attached hydrogens (tertiary/aromatic N) is 1. The molecule has 0 saturated carbocycles. The predicted molar refractivity (Wildman–Crippen MR) is 89.8 cm³/mol. The summed E-state index contributed by atoms with van der Waals surface area (Å²) < 4.78 is 0. The number of piperidine rings is 1. The van der Waals surface area contributed by atoms with Crippen LogP contribution in [0.3, 0.4) is 0 Å². The number of nitrogens with one attached hydrogen (secondary N) is 1. The van der Waals surface area contributed by atoms with Crippen molar-refractivity contribution >= 4 is 5.69 Å². The van der Waals surface area contributed by atoms with Crippen molar-refractivity contribution < 1.29 is 0 Å². The first kappa shape index (κ1) is 14.2. The van der Waals surface area contributed by atoms with Gasteiger partial charge in [0.1, 0.15) is 0 Å². The van der Waals surface area contributed by atoms with Crippen molar-refractivity contribution in [2.24, 2.45) is 0 Å². The highest BCUT2D eigenvalue weighted by Crippen LogP contribution is 2.31. The standard InChI is InChI=1S/C19H24N2/c1-20-14-17-10-5-6-12-19(17)21-13-7-11-18(15-21)16-8-3-2-4-9-16/h2-6,8-10,12,18,20H,7,11,13-15H2,1H3. The van der Waals surface area contributed by atoms with Crippen molar-refractivity contribution in [2.45, 2.75) is 25.3 Å². The Morgan fingerprint density at radius 2 is 1.81 bits per heavy atom.